The van der Waals surface area contributed by atoms with Crippen LogP contribution in [0.1, 0.15) is 13.3 Å². The van der Waals surface area contributed by atoms with E-state index in [0.717, 1.165) is 6.42 Å². The molecule has 0 N–H and O–H groups in total. The van der Waals surface area contributed by atoms with Crippen molar-refractivity contribution in [1.29, 1.82) is 0 Å². The van der Waals surface area contributed by atoms with E-state index in [2.05, 4.69) is 34.7 Å². The van der Waals surface area contributed by atoms with Crippen LogP contribution in [0, 0.1) is 13.0 Å². The maximum Gasteiger partial charge on any atom is -0.109 e. The van der Waals surface area contributed by atoms with Gasteiger partial charge in [-0.1, -0.05) is 0 Å². The van der Waals surface area contributed by atoms with Crippen molar-refractivity contribution >= 4 is 4.79 Å². The summed E-state index contributed by atoms with van der Waals surface area (Å²) in [7, 11) is 0. The molecule has 0 aromatic rings. The predicted molar refractivity (Wildman–Crippen MR) is 38.3 cm³/mol. The molecule has 0 aromatic carbocycles. The molecule has 1 rings (SSSR count). The second kappa shape index (κ2) is 15.8. The van der Waals surface area contributed by atoms with Gasteiger partial charge in [0.05, 0.1) is 0 Å². The molecular formula is C8H10MnO-2. The summed E-state index contributed by atoms with van der Waals surface area (Å²) in [6, 6.07) is 0. The Morgan fingerprint density at radius 2 is 2.20 bits per heavy atom. The monoisotopic (exact) mass is 177 g/mol. The van der Waals surface area contributed by atoms with E-state index in [4.69, 9.17) is 4.79 Å². The number of allylic oxidation sites excluding steroid dienone is 4. The SMILES string of the molecule is O=[C]=[Mn].[C-]1=CC=CC1.[CH2-]C. The first-order chi connectivity index (χ1) is 4.91. The topological polar surface area (TPSA) is 17.1 Å². The van der Waals surface area contributed by atoms with E-state index < -0.39 is 0 Å². The van der Waals surface area contributed by atoms with Gasteiger partial charge in [0.1, 0.15) is 0 Å². The average Bonchev–Trinajstić information content (AvgIpc) is 2.48. The predicted octanol–water partition coefficient (Wildman–Crippen LogP) is 1.75. The molecule has 10 heavy (non-hydrogen) atoms. The second-order valence-electron chi connectivity index (χ2n) is 1.08. The summed E-state index contributed by atoms with van der Waals surface area (Å²) in [4.78, 5) is 9.91. The minimum absolute atomic E-state index is 1.01. The third kappa shape index (κ3) is 15.6. The van der Waals surface area contributed by atoms with Gasteiger partial charge in [-0.05, 0) is 0 Å². The van der Waals surface area contributed by atoms with E-state index in [1.165, 1.54) is 4.79 Å². The first-order valence-corrected chi connectivity index (χ1v) is 3.41. The summed E-state index contributed by atoms with van der Waals surface area (Å²) in [5.41, 5.74) is 0. The Morgan fingerprint density at radius 1 is 1.70 bits per heavy atom. The van der Waals surface area contributed by atoms with E-state index in [-0.39, 0.29) is 0 Å². The van der Waals surface area contributed by atoms with Crippen molar-refractivity contribution < 1.29 is 20.4 Å². The van der Waals surface area contributed by atoms with Crippen LogP contribution in [0.3, 0.4) is 0 Å². The van der Waals surface area contributed by atoms with Gasteiger partial charge in [-0.2, -0.15) is 13.0 Å². The first-order valence-electron chi connectivity index (χ1n) is 2.82. The van der Waals surface area contributed by atoms with Gasteiger partial charge >= 0.3 is 25.2 Å². The van der Waals surface area contributed by atoms with Crippen LogP contribution in [0.25, 0.3) is 0 Å². The molecule has 0 saturated heterocycles. The Balaban J connectivity index is 0. The largest absolute Gasteiger partial charge is 0.346 e. The van der Waals surface area contributed by atoms with Gasteiger partial charge < -0.3 is 6.92 Å². The zero-order valence-corrected chi connectivity index (χ0v) is 7.11. The van der Waals surface area contributed by atoms with Crippen LogP contribution >= 0.6 is 0 Å². The van der Waals surface area contributed by atoms with E-state index in [0.29, 0.717) is 0 Å². The summed E-state index contributed by atoms with van der Waals surface area (Å²) in [5.74, 6) is 0. The molecule has 1 aliphatic rings. The fraction of sp³-hybridized carbons (Fsp3) is 0.250. The molecule has 57 valence electrons. The number of hydrogen-bond donors (Lipinski definition) is 0. The van der Waals surface area contributed by atoms with Crippen molar-refractivity contribution in [2.24, 2.45) is 0 Å². The molecule has 0 atom stereocenters. The summed E-state index contributed by atoms with van der Waals surface area (Å²) in [6.45, 7) is 5.00. The van der Waals surface area contributed by atoms with Crippen LogP contribution in [0.2, 0.25) is 0 Å². The van der Waals surface area contributed by atoms with Gasteiger partial charge in [-0.25, -0.2) is 12.2 Å². The van der Waals surface area contributed by atoms with Crippen molar-refractivity contribution in [3.05, 3.63) is 31.2 Å². The van der Waals surface area contributed by atoms with Gasteiger partial charge in [0.2, 0.25) is 0 Å². The molecule has 2 heteroatoms. The molecule has 0 amide bonds. The first kappa shape index (κ1) is 12.3. The molecule has 0 aliphatic heterocycles. The van der Waals surface area contributed by atoms with Gasteiger partial charge in [0.25, 0.3) is 0 Å². The van der Waals surface area contributed by atoms with Crippen molar-refractivity contribution in [2.45, 2.75) is 13.3 Å². The van der Waals surface area contributed by atoms with Crippen molar-refractivity contribution in [3.8, 4) is 0 Å². The molecule has 0 aromatic heterocycles. The molecule has 0 bridgehead atoms. The third-order valence-corrected chi connectivity index (χ3v) is 0.586. The average molecular weight is 177 g/mol. The molecule has 1 aliphatic carbocycles. The zero-order chi connectivity index (χ0) is 8.24. The Bertz CT molecular complexity index is 120. The minimum atomic E-state index is 1.01. The zero-order valence-electron chi connectivity index (χ0n) is 5.93. The summed E-state index contributed by atoms with van der Waals surface area (Å²) < 4.78 is 0. The van der Waals surface area contributed by atoms with E-state index in [1.807, 2.05) is 12.2 Å². The third-order valence-electron chi connectivity index (χ3n) is 0.586. The van der Waals surface area contributed by atoms with Crippen molar-refractivity contribution in [2.75, 3.05) is 0 Å². The van der Waals surface area contributed by atoms with Crippen LogP contribution in [0.4, 0.5) is 0 Å². The minimum Gasteiger partial charge on any atom is -0.346 e. The van der Waals surface area contributed by atoms with Crippen LogP contribution in [-0.2, 0) is 20.4 Å². The fourth-order valence-corrected chi connectivity index (χ4v) is 0.340. The van der Waals surface area contributed by atoms with Crippen LogP contribution in [0.5, 0.6) is 0 Å². The standard InChI is InChI=1S/C5H5.C2H5.CO.Mn/c1-2-4-5-3-1;2*1-2;/h1-3H,4H2;1H2,2H3;;/q2*-1;;. The van der Waals surface area contributed by atoms with E-state index >= 15 is 0 Å². The molecule has 0 unspecified atom stereocenters. The molecule has 0 spiro atoms. The van der Waals surface area contributed by atoms with Gasteiger partial charge in [-0.15, -0.1) is 6.42 Å². The number of carbonyl (C=O) groups excluding carboxylic acids is 1. The van der Waals surface area contributed by atoms with Crippen molar-refractivity contribution in [3.63, 3.8) is 0 Å². The Hall–Kier alpha value is -0.421. The Kier molecular flexibility index (Phi) is 19.4. The van der Waals surface area contributed by atoms with E-state index in [9.17, 15) is 0 Å². The molecular weight excluding hydrogens is 167 g/mol. The smallest absolute Gasteiger partial charge is 0.109 e. The van der Waals surface area contributed by atoms with Crippen LogP contribution in [-0.4, -0.2) is 4.79 Å². The summed E-state index contributed by atoms with van der Waals surface area (Å²) in [6.07, 6.45) is 10.0. The molecule has 0 heterocycles. The molecule has 0 saturated carbocycles. The fourth-order valence-electron chi connectivity index (χ4n) is 0.340. The van der Waals surface area contributed by atoms with Gasteiger partial charge in [0.15, 0.2) is 0 Å². The normalized spacial score (nSPS) is 10.2. The maximum absolute atomic E-state index is 8.60. The van der Waals surface area contributed by atoms with E-state index in [1.54, 1.807) is 6.92 Å². The Morgan fingerprint density at radius 3 is 2.30 bits per heavy atom. The number of rotatable bonds is 0. The van der Waals surface area contributed by atoms with Crippen molar-refractivity contribution in [1.82, 2.24) is 0 Å². The molecule has 0 fully saturated rings. The maximum atomic E-state index is 8.60. The second-order valence-corrected chi connectivity index (χ2v) is 1.32. The van der Waals surface area contributed by atoms with Gasteiger partial charge in [-0.3, -0.25) is 6.08 Å². The number of hydrogen-bond acceptors (Lipinski definition) is 1. The van der Waals surface area contributed by atoms with Crippen LogP contribution < -0.4 is 0 Å². The summed E-state index contributed by atoms with van der Waals surface area (Å²) in [5, 5.41) is 0. The quantitative estimate of drug-likeness (QED) is 0.407. The van der Waals surface area contributed by atoms with Gasteiger partial charge in [0, 0.05) is 0 Å². The summed E-state index contributed by atoms with van der Waals surface area (Å²) >= 11 is 2.34. The molecule has 0 radical (unpaired) electrons. The Labute approximate surface area is 70.2 Å². The van der Waals surface area contributed by atoms with Crippen LogP contribution in [0.15, 0.2) is 18.2 Å². The molecule has 1 nitrogen and oxygen atoms in total.